The molecule has 0 saturated heterocycles. The van der Waals surface area contributed by atoms with Crippen LogP contribution in [-0.4, -0.2) is 17.3 Å². The van der Waals surface area contributed by atoms with Crippen molar-refractivity contribution >= 4 is 26.0 Å². The van der Waals surface area contributed by atoms with E-state index in [0.717, 1.165) is 15.7 Å². The minimum atomic E-state index is -3.69. The molecule has 0 unspecified atom stereocenters. The topological polar surface area (TPSA) is 42.3 Å². The molecule has 3 aromatic carbocycles. The third kappa shape index (κ3) is 5.21. The highest BCUT2D eigenvalue weighted by Crippen LogP contribution is 2.23. The van der Waals surface area contributed by atoms with Gasteiger partial charge in [-0.25, -0.2) is 8.42 Å². The maximum atomic E-state index is 13.6. The Kier molecular flexibility index (Phi) is 6.94. The van der Waals surface area contributed by atoms with Crippen molar-refractivity contribution in [3.05, 3.63) is 124 Å². The smallest absolute Gasteiger partial charge is 0.243 e. The maximum absolute atomic E-state index is 13.6. The van der Waals surface area contributed by atoms with Crippen molar-refractivity contribution in [2.75, 3.05) is 0 Å². The molecule has 1 heterocycles. The number of rotatable bonds is 8. The van der Waals surface area contributed by atoms with E-state index < -0.39 is 10.0 Å². The van der Waals surface area contributed by atoms with E-state index in [1.54, 1.807) is 28.6 Å². The van der Waals surface area contributed by atoms with Crippen LogP contribution in [0.15, 0.2) is 107 Å². The van der Waals surface area contributed by atoms with Crippen molar-refractivity contribution in [2.45, 2.75) is 31.5 Å². The molecule has 164 valence electrons. The minimum absolute atomic E-state index is 0.284. The third-order valence-electron chi connectivity index (χ3n) is 5.52. The van der Waals surface area contributed by atoms with E-state index in [4.69, 9.17) is 0 Å². The molecule has 0 aliphatic carbocycles. The fourth-order valence-electron chi connectivity index (χ4n) is 3.67. The van der Waals surface area contributed by atoms with Gasteiger partial charge in [0.1, 0.15) is 0 Å². The molecular formula is C26H25BrN2O2S. The molecule has 0 spiro atoms. The summed E-state index contributed by atoms with van der Waals surface area (Å²) in [6.07, 6.45) is 2.01. The number of halogens is 1. The average Bonchev–Trinajstić information content (AvgIpc) is 3.22. The number of benzene rings is 3. The zero-order valence-electron chi connectivity index (χ0n) is 17.9. The first-order valence-electron chi connectivity index (χ1n) is 10.4. The van der Waals surface area contributed by atoms with Crippen molar-refractivity contribution in [1.82, 2.24) is 8.87 Å². The lowest BCUT2D eigenvalue weighted by Gasteiger charge is -2.23. The number of hydrogen-bond acceptors (Lipinski definition) is 2. The molecule has 0 amide bonds. The molecule has 0 saturated carbocycles. The Labute approximate surface area is 198 Å². The van der Waals surface area contributed by atoms with Gasteiger partial charge in [0.2, 0.25) is 10.0 Å². The molecule has 0 atom stereocenters. The molecule has 4 nitrogen and oxygen atoms in total. The first-order valence-corrected chi connectivity index (χ1v) is 12.6. The van der Waals surface area contributed by atoms with Gasteiger partial charge < -0.3 is 4.57 Å². The van der Waals surface area contributed by atoms with E-state index in [2.05, 4.69) is 39.6 Å². The van der Waals surface area contributed by atoms with Crippen molar-refractivity contribution in [1.29, 1.82) is 0 Å². The van der Waals surface area contributed by atoms with Gasteiger partial charge in [-0.05, 0) is 60.0 Å². The van der Waals surface area contributed by atoms with Crippen molar-refractivity contribution in [2.24, 2.45) is 0 Å². The van der Waals surface area contributed by atoms with Crippen LogP contribution in [0.25, 0.3) is 0 Å². The second-order valence-electron chi connectivity index (χ2n) is 7.77. The van der Waals surface area contributed by atoms with Crippen LogP contribution >= 0.6 is 15.9 Å². The summed E-state index contributed by atoms with van der Waals surface area (Å²) in [6.45, 7) is 3.38. The molecule has 1 aromatic heterocycles. The SMILES string of the molecule is Cc1ccccc1Cn1cccc1CN(Cc1ccccc1)S(=O)(=O)c1ccc(Br)cc1. The van der Waals surface area contributed by atoms with Gasteiger partial charge in [0.15, 0.2) is 0 Å². The molecule has 4 aromatic rings. The predicted octanol–water partition coefficient (Wildman–Crippen LogP) is 6.00. The summed E-state index contributed by atoms with van der Waals surface area (Å²) in [5, 5.41) is 0. The predicted molar refractivity (Wildman–Crippen MR) is 132 cm³/mol. The van der Waals surface area contributed by atoms with Crippen molar-refractivity contribution in [3.63, 3.8) is 0 Å². The van der Waals surface area contributed by atoms with Gasteiger partial charge in [0, 0.05) is 29.5 Å². The Morgan fingerprint density at radius 2 is 1.50 bits per heavy atom. The van der Waals surface area contributed by atoms with Crippen LogP contribution in [0, 0.1) is 6.92 Å². The fourth-order valence-corrected chi connectivity index (χ4v) is 5.33. The van der Waals surface area contributed by atoms with Crippen LogP contribution in [0.5, 0.6) is 0 Å². The van der Waals surface area contributed by atoms with Crippen LogP contribution in [0.1, 0.15) is 22.4 Å². The lowest BCUT2D eigenvalue weighted by Crippen LogP contribution is -2.31. The minimum Gasteiger partial charge on any atom is -0.346 e. The van der Waals surface area contributed by atoms with Gasteiger partial charge >= 0.3 is 0 Å². The standard InChI is InChI=1S/C26H25BrN2O2S/c1-21-8-5-6-11-23(21)19-28-17-7-12-25(28)20-29(18-22-9-3-2-4-10-22)32(30,31)26-15-13-24(27)14-16-26/h2-17H,18-20H2,1H3. The third-order valence-corrected chi connectivity index (χ3v) is 7.85. The van der Waals surface area contributed by atoms with Gasteiger partial charge in [-0.1, -0.05) is 70.5 Å². The molecule has 4 rings (SSSR count). The molecule has 6 heteroatoms. The van der Waals surface area contributed by atoms with Crippen LogP contribution in [0.4, 0.5) is 0 Å². The van der Waals surface area contributed by atoms with E-state index in [1.807, 2.05) is 60.8 Å². The van der Waals surface area contributed by atoms with Crippen LogP contribution < -0.4 is 0 Å². The highest BCUT2D eigenvalue weighted by molar-refractivity contribution is 9.10. The first kappa shape index (κ1) is 22.5. The van der Waals surface area contributed by atoms with Gasteiger partial charge in [0.25, 0.3) is 0 Å². The quantitative estimate of drug-likeness (QED) is 0.293. The van der Waals surface area contributed by atoms with Crippen LogP contribution in [0.2, 0.25) is 0 Å². The lowest BCUT2D eigenvalue weighted by molar-refractivity contribution is 0.391. The van der Waals surface area contributed by atoms with Gasteiger partial charge in [-0.15, -0.1) is 0 Å². The number of sulfonamides is 1. The second kappa shape index (κ2) is 9.86. The highest BCUT2D eigenvalue weighted by Gasteiger charge is 2.26. The molecular weight excluding hydrogens is 484 g/mol. The zero-order chi connectivity index (χ0) is 22.6. The number of aromatic nitrogens is 1. The van der Waals surface area contributed by atoms with Gasteiger partial charge in [0.05, 0.1) is 11.4 Å². The Hall–Kier alpha value is -2.67. The average molecular weight is 509 g/mol. The monoisotopic (exact) mass is 508 g/mol. The van der Waals surface area contributed by atoms with Gasteiger partial charge in [-0.2, -0.15) is 4.31 Å². The normalized spacial score (nSPS) is 11.7. The Morgan fingerprint density at radius 1 is 0.812 bits per heavy atom. The summed E-state index contributed by atoms with van der Waals surface area (Å²) in [6, 6.07) is 28.7. The van der Waals surface area contributed by atoms with E-state index in [-0.39, 0.29) is 11.4 Å². The molecule has 0 fully saturated rings. The largest absolute Gasteiger partial charge is 0.346 e. The number of hydrogen-bond donors (Lipinski definition) is 0. The van der Waals surface area contributed by atoms with Crippen molar-refractivity contribution in [3.8, 4) is 0 Å². The fraction of sp³-hybridized carbons (Fsp3) is 0.154. The van der Waals surface area contributed by atoms with Gasteiger partial charge in [-0.3, -0.25) is 0 Å². The summed E-state index contributed by atoms with van der Waals surface area (Å²) in [7, 11) is -3.69. The zero-order valence-corrected chi connectivity index (χ0v) is 20.3. The van der Waals surface area contributed by atoms with E-state index >= 15 is 0 Å². The molecule has 0 radical (unpaired) electrons. The molecule has 0 aliphatic rings. The lowest BCUT2D eigenvalue weighted by atomic mass is 10.1. The molecule has 0 aliphatic heterocycles. The molecule has 0 bridgehead atoms. The summed E-state index contributed by atoms with van der Waals surface area (Å²) >= 11 is 3.39. The van der Waals surface area contributed by atoms with Crippen LogP contribution in [0.3, 0.4) is 0 Å². The first-order chi connectivity index (χ1) is 15.4. The summed E-state index contributed by atoms with van der Waals surface area (Å²) in [4.78, 5) is 0.286. The number of nitrogens with zero attached hydrogens (tertiary/aromatic N) is 2. The summed E-state index contributed by atoms with van der Waals surface area (Å²) in [5.74, 6) is 0. The number of aryl methyl sites for hydroxylation is 1. The van der Waals surface area contributed by atoms with E-state index in [1.165, 1.54) is 11.1 Å². The van der Waals surface area contributed by atoms with E-state index in [0.29, 0.717) is 13.1 Å². The Morgan fingerprint density at radius 3 is 2.22 bits per heavy atom. The summed E-state index contributed by atoms with van der Waals surface area (Å²) < 4.78 is 31.7. The van der Waals surface area contributed by atoms with E-state index in [9.17, 15) is 8.42 Å². The second-order valence-corrected chi connectivity index (χ2v) is 10.6. The highest BCUT2D eigenvalue weighted by atomic mass is 79.9. The Balaban J connectivity index is 1.67. The molecule has 0 N–H and O–H groups in total. The van der Waals surface area contributed by atoms with Crippen LogP contribution in [-0.2, 0) is 29.7 Å². The maximum Gasteiger partial charge on any atom is 0.243 e. The molecule has 32 heavy (non-hydrogen) atoms. The Bertz CT molecular complexity index is 1280. The summed E-state index contributed by atoms with van der Waals surface area (Å²) in [5.41, 5.74) is 4.33. The van der Waals surface area contributed by atoms with Crippen molar-refractivity contribution < 1.29 is 8.42 Å².